The first kappa shape index (κ1) is 25.7. The number of unbranched alkanes of at least 4 members (excludes halogenated alkanes) is 3. The van der Waals surface area contributed by atoms with Crippen LogP contribution in [-0.4, -0.2) is 91.1 Å². The summed E-state index contributed by atoms with van der Waals surface area (Å²) in [5.41, 5.74) is -1.15. The summed E-state index contributed by atoms with van der Waals surface area (Å²) in [4.78, 5) is 0. The summed E-state index contributed by atoms with van der Waals surface area (Å²) in [6.45, 7) is -0.602. The molecule has 0 spiro atoms. The molecule has 0 aromatic carbocycles. The number of aliphatic hydroxyl groups excluding tert-OH is 4. The zero-order chi connectivity index (χ0) is 21.3. The van der Waals surface area contributed by atoms with Gasteiger partial charge < -0.3 is 25.2 Å². The van der Waals surface area contributed by atoms with E-state index in [4.69, 9.17) is 9.29 Å². The van der Waals surface area contributed by atoms with Crippen molar-refractivity contribution in [3.05, 3.63) is 0 Å². The van der Waals surface area contributed by atoms with E-state index < -0.39 is 57.7 Å². The van der Waals surface area contributed by atoms with Gasteiger partial charge in [0.25, 0.3) is 0 Å². The number of thioether (sulfide) groups is 1. The fourth-order valence-electron chi connectivity index (χ4n) is 2.45. The summed E-state index contributed by atoms with van der Waals surface area (Å²) in [7, 11) is -5.69. The molecule has 0 radical (unpaired) electrons. The van der Waals surface area contributed by atoms with Gasteiger partial charge in [-0.25, -0.2) is 4.28 Å². The van der Waals surface area contributed by atoms with Crippen molar-refractivity contribution in [3.63, 3.8) is 0 Å². The molecule has 6 atom stereocenters. The molecule has 166 valence electrons. The van der Waals surface area contributed by atoms with E-state index in [-0.39, 0.29) is 11.5 Å². The zero-order valence-electron chi connectivity index (χ0n) is 15.3. The maximum Gasteiger partial charge on any atom is 0.466 e. The Morgan fingerprint density at radius 3 is 2.36 bits per heavy atom. The van der Waals surface area contributed by atoms with Crippen LogP contribution >= 0.6 is 11.8 Å². The average molecular weight is 466 g/mol. The molecule has 1 rings (SSSR count). The minimum absolute atomic E-state index is 0.0704. The second-order valence-electron chi connectivity index (χ2n) is 6.24. The van der Waals surface area contributed by atoms with E-state index in [1.165, 1.54) is 0 Å². The normalized spacial score (nSPS) is 30.2. The molecule has 14 heteroatoms. The zero-order valence-corrected chi connectivity index (χ0v) is 17.7. The first-order valence-electron chi connectivity index (χ1n) is 8.55. The third-order valence-electron chi connectivity index (χ3n) is 3.91. The van der Waals surface area contributed by atoms with E-state index >= 15 is 0 Å². The van der Waals surface area contributed by atoms with Crippen molar-refractivity contribution in [1.82, 2.24) is 0 Å². The van der Waals surface area contributed by atoms with E-state index in [1.54, 1.807) is 6.26 Å². The second-order valence-corrected chi connectivity index (χ2v) is 9.97. The van der Waals surface area contributed by atoms with Crippen LogP contribution in [0.5, 0.6) is 0 Å². The third-order valence-corrected chi connectivity index (χ3v) is 6.21. The number of hydrogen-bond acceptors (Lipinski definition) is 11. The largest absolute Gasteiger partial charge is 0.466 e. The highest BCUT2D eigenvalue weighted by molar-refractivity contribution is 8.14. The Kier molecular flexibility index (Phi) is 11.4. The Bertz CT molecular complexity index is 627. The van der Waals surface area contributed by atoms with E-state index in [1.807, 2.05) is 0 Å². The quantitative estimate of drug-likeness (QED) is 0.0827. The van der Waals surface area contributed by atoms with Gasteiger partial charge in [0.1, 0.15) is 34.9 Å². The number of aliphatic hydroxyl groups is 4. The van der Waals surface area contributed by atoms with Gasteiger partial charge in [-0.3, -0.25) is 8.76 Å². The molecule has 1 aliphatic rings. The molecule has 1 saturated heterocycles. The topological polar surface area (TPSA) is 183 Å². The monoisotopic (exact) mass is 465 g/mol. The van der Waals surface area contributed by atoms with Crippen LogP contribution in [-0.2, 0) is 30.2 Å². The van der Waals surface area contributed by atoms with Gasteiger partial charge in [-0.15, -0.1) is 0 Å². The first-order valence-corrected chi connectivity index (χ1v) is 12.5. The Balaban J connectivity index is 2.70. The predicted molar refractivity (Wildman–Crippen MR) is 103 cm³/mol. The van der Waals surface area contributed by atoms with Gasteiger partial charge in [-0.2, -0.15) is 8.42 Å². The van der Waals surface area contributed by atoms with Crippen LogP contribution in [0.15, 0.2) is 5.16 Å². The van der Waals surface area contributed by atoms with Gasteiger partial charge in [0.2, 0.25) is 0 Å². The summed E-state index contributed by atoms with van der Waals surface area (Å²) >= 11 is 0.754. The predicted octanol–water partition coefficient (Wildman–Crippen LogP) is -1.02. The fourth-order valence-corrected chi connectivity index (χ4v) is 4.40. The molecule has 1 heterocycles. The summed E-state index contributed by atoms with van der Waals surface area (Å²) in [5.74, 6) is 0.590. The molecule has 1 aliphatic heterocycles. The average Bonchev–Trinajstić information content (AvgIpc) is 2.61. The van der Waals surface area contributed by atoms with Gasteiger partial charge in [0, 0.05) is 22.8 Å². The molecule has 0 saturated carbocycles. The van der Waals surface area contributed by atoms with Crippen LogP contribution in [0.25, 0.3) is 0 Å². The number of nitrogens with zero attached hydrogens (tertiary/aromatic N) is 1. The number of ether oxygens (including phenoxy) is 1. The van der Waals surface area contributed by atoms with Crippen molar-refractivity contribution >= 4 is 38.0 Å². The summed E-state index contributed by atoms with van der Waals surface area (Å²) < 4.78 is 50.6. The van der Waals surface area contributed by atoms with Crippen molar-refractivity contribution < 1.29 is 46.6 Å². The van der Waals surface area contributed by atoms with E-state index in [9.17, 15) is 33.1 Å². The number of rotatable bonds is 11. The van der Waals surface area contributed by atoms with Crippen LogP contribution in [0, 0.1) is 0 Å². The Morgan fingerprint density at radius 2 is 1.79 bits per heavy atom. The molecule has 0 aromatic heterocycles. The van der Waals surface area contributed by atoms with Gasteiger partial charge in [-0.05, 0) is 19.3 Å². The summed E-state index contributed by atoms with van der Waals surface area (Å²) in [6, 6.07) is 0. The highest BCUT2D eigenvalue weighted by Gasteiger charge is 2.44. The highest BCUT2D eigenvalue weighted by Crippen LogP contribution is 2.30. The molecule has 0 bridgehead atoms. The lowest BCUT2D eigenvalue weighted by molar-refractivity contribution is -0.205. The van der Waals surface area contributed by atoms with Crippen LogP contribution in [0.4, 0.5) is 0 Å². The van der Waals surface area contributed by atoms with Crippen LogP contribution in [0.1, 0.15) is 32.1 Å². The molecule has 5 N–H and O–H groups in total. The van der Waals surface area contributed by atoms with Crippen LogP contribution in [0.2, 0.25) is 0 Å². The molecule has 1 fully saturated rings. The van der Waals surface area contributed by atoms with E-state index in [0.29, 0.717) is 12.2 Å². The SMILES string of the molecule is C[S@](=O)CCCCCCC(=NOS(=O)(=O)O)S[C@@H]1O[C@H](CO)[C@@H](O)[C@H](O)[C@H]1O. The number of hydrogen-bond donors (Lipinski definition) is 5. The molecule has 28 heavy (non-hydrogen) atoms. The molecule has 0 aromatic rings. The highest BCUT2D eigenvalue weighted by atomic mass is 32.3. The molecular weight excluding hydrogens is 438 g/mol. The molecule has 0 unspecified atom stereocenters. The molecule has 11 nitrogen and oxygen atoms in total. The molecule has 0 aliphatic carbocycles. The maximum atomic E-state index is 11.0. The third kappa shape index (κ3) is 9.45. The number of oxime groups is 1. The van der Waals surface area contributed by atoms with Crippen LogP contribution < -0.4 is 0 Å². The minimum atomic E-state index is -4.82. The van der Waals surface area contributed by atoms with Gasteiger partial charge in [0.05, 0.1) is 6.61 Å². The second kappa shape index (κ2) is 12.4. The first-order chi connectivity index (χ1) is 13.0. The molecular formula is C14H27NO10S3. The Labute approximate surface area is 170 Å². The summed E-state index contributed by atoms with van der Waals surface area (Å²) in [6.07, 6.45) is -1.02. The minimum Gasteiger partial charge on any atom is -0.394 e. The Morgan fingerprint density at radius 1 is 1.14 bits per heavy atom. The van der Waals surface area contributed by atoms with Gasteiger partial charge in [0.15, 0.2) is 0 Å². The van der Waals surface area contributed by atoms with Crippen molar-refractivity contribution in [2.45, 2.75) is 62.0 Å². The van der Waals surface area contributed by atoms with Crippen molar-refractivity contribution in [3.8, 4) is 0 Å². The van der Waals surface area contributed by atoms with Crippen molar-refractivity contribution in [1.29, 1.82) is 0 Å². The smallest absolute Gasteiger partial charge is 0.394 e. The van der Waals surface area contributed by atoms with E-state index in [0.717, 1.165) is 31.0 Å². The van der Waals surface area contributed by atoms with Crippen LogP contribution in [0.3, 0.4) is 0 Å². The lowest BCUT2D eigenvalue weighted by Crippen LogP contribution is -2.57. The molecule has 0 amide bonds. The van der Waals surface area contributed by atoms with Gasteiger partial charge in [-0.1, -0.05) is 29.8 Å². The van der Waals surface area contributed by atoms with E-state index in [2.05, 4.69) is 9.44 Å². The standard InChI is InChI=1S/C14H27NO10S3/c1-27(20)7-5-3-2-4-6-10(15-25-28(21,22)23)26-14-13(19)12(18)11(17)9(8-16)24-14/h9,11-14,16-19H,2-8H2,1H3,(H,21,22,23)/t9-,11-,12+,13-,14+,27+/m1/s1. The van der Waals surface area contributed by atoms with Crippen molar-refractivity contribution in [2.24, 2.45) is 5.16 Å². The lowest BCUT2D eigenvalue weighted by atomic mass is 10.0. The Hall–Kier alpha value is -0.320. The van der Waals surface area contributed by atoms with Gasteiger partial charge >= 0.3 is 10.4 Å². The maximum absolute atomic E-state index is 11.0. The fraction of sp³-hybridized carbons (Fsp3) is 0.929. The lowest BCUT2D eigenvalue weighted by Gasteiger charge is -2.39. The van der Waals surface area contributed by atoms with Crippen molar-refractivity contribution in [2.75, 3.05) is 18.6 Å². The summed E-state index contributed by atoms with van der Waals surface area (Å²) in [5, 5.41) is 42.3.